The van der Waals surface area contributed by atoms with Gasteiger partial charge in [0.15, 0.2) is 6.29 Å². The molecule has 4 bridgehead atoms. The highest BCUT2D eigenvalue weighted by Gasteiger charge is 2.78. The van der Waals surface area contributed by atoms with Crippen molar-refractivity contribution in [2.24, 2.45) is 35.5 Å². The van der Waals surface area contributed by atoms with Gasteiger partial charge in [0.2, 0.25) is 0 Å². The zero-order valence-electron chi connectivity index (χ0n) is 13.2. The summed E-state index contributed by atoms with van der Waals surface area (Å²) in [5.41, 5.74) is -4.07. The van der Waals surface area contributed by atoms with Gasteiger partial charge in [-0.05, 0) is 54.8 Å². The van der Waals surface area contributed by atoms with Gasteiger partial charge in [-0.3, -0.25) is 0 Å². The molecular formula is C17H18F6O2. The van der Waals surface area contributed by atoms with Gasteiger partial charge in [0.05, 0.1) is 6.10 Å². The van der Waals surface area contributed by atoms with Gasteiger partial charge >= 0.3 is 12.4 Å². The molecule has 5 rings (SSSR count). The molecule has 0 aromatic carbocycles. The molecule has 140 valence electrons. The van der Waals surface area contributed by atoms with Crippen molar-refractivity contribution in [1.29, 1.82) is 0 Å². The number of ether oxygens (including phenoxy) is 2. The number of alkyl halides is 6. The first kappa shape index (κ1) is 16.4. The molecule has 0 N–H and O–H groups in total. The van der Waals surface area contributed by atoms with Crippen LogP contribution in [-0.2, 0) is 9.47 Å². The van der Waals surface area contributed by atoms with Gasteiger partial charge in [-0.25, -0.2) is 0 Å². The third-order valence-corrected chi connectivity index (χ3v) is 7.24. The van der Waals surface area contributed by atoms with Crippen molar-refractivity contribution in [1.82, 2.24) is 0 Å². The lowest BCUT2D eigenvalue weighted by Crippen LogP contribution is -2.69. The maximum Gasteiger partial charge on any atom is 0.426 e. The summed E-state index contributed by atoms with van der Waals surface area (Å²) in [5, 5.41) is 0. The van der Waals surface area contributed by atoms with Gasteiger partial charge in [0, 0.05) is 6.42 Å². The summed E-state index contributed by atoms with van der Waals surface area (Å²) in [6.07, 6.45) is -6.52. The van der Waals surface area contributed by atoms with E-state index in [4.69, 9.17) is 4.74 Å². The van der Waals surface area contributed by atoms with Crippen molar-refractivity contribution in [3.63, 3.8) is 0 Å². The van der Waals surface area contributed by atoms with Crippen LogP contribution in [-0.4, -0.2) is 30.3 Å². The molecule has 0 aromatic heterocycles. The average molecular weight is 368 g/mol. The van der Waals surface area contributed by atoms with Crippen LogP contribution in [0.25, 0.3) is 0 Å². The Balaban J connectivity index is 1.26. The third-order valence-electron chi connectivity index (χ3n) is 7.24. The first-order valence-electron chi connectivity index (χ1n) is 8.76. The largest absolute Gasteiger partial charge is 0.426 e. The number of fused-ring (bicyclic) bond motifs is 9. The Bertz CT molecular complexity index is 589. The van der Waals surface area contributed by atoms with Crippen LogP contribution in [0.5, 0.6) is 0 Å². The van der Waals surface area contributed by atoms with Gasteiger partial charge in [0.1, 0.15) is 0 Å². The minimum atomic E-state index is -5.49. The van der Waals surface area contributed by atoms with Crippen LogP contribution < -0.4 is 0 Å². The number of allylic oxidation sites excluding steroid dienone is 2. The van der Waals surface area contributed by atoms with Gasteiger partial charge < -0.3 is 9.47 Å². The van der Waals surface area contributed by atoms with Crippen LogP contribution in [0.15, 0.2) is 12.2 Å². The zero-order valence-corrected chi connectivity index (χ0v) is 13.2. The number of rotatable bonds is 2. The Labute approximate surface area is 140 Å². The quantitative estimate of drug-likeness (QED) is 0.407. The molecule has 4 fully saturated rings. The molecule has 8 unspecified atom stereocenters. The summed E-state index contributed by atoms with van der Waals surface area (Å²) in [4.78, 5) is 0. The SMILES string of the molecule is FC(F)(F)C1(C(F)(F)F)CC(OC2CC3CC2C2C4C=CC(C4)C32)O1. The fourth-order valence-corrected chi connectivity index (χ4v) is 6.36. The molecule has 1 saturated heterocycles. The molecule has 0 spiro atoms. The summed E-state index contributed by atoms with van der Waals surface area (Å²) in [6.45, 7) is 0. The maximum atomic E-state index is 12.9. The molecule has 0 radical (unpaired) electrons. The van der Waals surface area contributed by atoms with E-state index in [9.17, 15) is 26.3 Å². The van der Waals surface area contributed by atoms with E-state index in [1.165, 1.54) is 0 Å². The summed E-state index contributed by atoms with van der Waals surface area (Å²) >= 11 is 0. The highest BCUT2D eigenvalue weighted by molar-refractivity contribution is 5.21. The molecular weight excluding hydrogens is 350 g/mol. The number of hydrogen-bond donors (Lipinski definition) is 0. The summed E-state index contributed by atoms with van der Waals surface area (Å²) in [5.74, 6) is 2.94. The minimum absolute atomic E-state index is 0.241. The second-order valence-corrected chi connectivity index (χ2v) is 8.25. The van der Waals surface area contributed by atoms with Gasteiger partial charge in [0.25, 0.3) is 5.60 Å². The predicted molar refractivity (Wildman–Crippen MR) is 73.1 cm³/mol. The standard InChI is InChI=1S/C17H18F6O2/c18-16(19,20)15(17(21,22)23)6-12(25-15)24-11-5-9-4-10(11)14-8-2-1-7(3-8)13(9)14/h1-2,7-14H,3-6H2. The average Bonchev–Trinajstić information content (AvgIpc) is 3.16. The molecule has 3 saturated carbocycles. The first-order chi connectivity index (χ1) is 11.6. The Hall–Kier alpha value is -0.760. The van der Waals surface area contributed by atoms with Crippen molar-refractivity contribution >= 4 is 0 Å². The molecule has 5 aliphatic rings. The Morgan fingerprint density at radius 2 is 1.48 bits per heavy atom. The van der Waals surface area contributed by atoms with Crippen LogP contribution >= 0.6 is 0 Å². The molecule has 0 amide bonds. The molecule has 2 nitrogen and oxygen atoms in total. The van der Waals surface area contributed by atoms with Crippen LogP contribution in [0.1, 0.15) is 25.7 Å². The van der Waals surface area contributed by atoms with E-state index in [0.717, 1.165) is 19.3 Å². The second-order valence-electron chi connectivity index (χ2n) is 8.25. The summed E-state index contributed by atoms with van der Waals surface area (Å²) in [7, 11) is 0. The summed E-state index contributed by atoms with van der Waals surface area (Å²) < 4.78 is 87.1. The lowest BCUT2D eigenvalue weighted by atomic mass is 9.72. The van der Waals surface area contributed by atoms with Gasteiger partial charge in [-0.15, -0.1) is 0 Å². The van der Waals surface area contributed by atoms with E-state index >= 15 is 0 Å². The third kappa shape index (κ3) is 2.01. The summed E-state index contributed by atoms with van der Waals surface area (Å²) in [6, 6.07) is 0. The lowest BCUT2D eigenvalue weighted by Gasteiger charge is -2.49. The first-order valence-corrected chi connectivity index (χ1v) is 8.76. The van der Waals surface area contributed by atoms with E-state index in [1.54, 1.807) is 0 Å². The number of hydrogen-bond acceptors (Lipinski definition) is 2. The highest BCUT2D eigenvalue weighted by atomic mass is 19.4. The minimum Gasteiger partial charge on any atom is -0.349 e. The van der Waals surface area contributed by atoms with Gasteiger partial charge in [-0.2, -0.15) is 26.3 Å². The molecule has 0 aromatic rings. The second kappa shape index (κ2) is 4.74. The Kier molecular flexibility index (Phi) is 3.11. The highest BCUT2D eigenvalue weighted by Crippen LogP contribution is 2.66. The predicted octanol–water partition coefficient (Wildman–Crippen LogP) is 4.46. The van der Waals surface area contributed by atoms with E-state index in [2.05, 4.69) is 16.9 Å². The van der Waals surface area contributed by atoms with Crippen molar-refractivity contribution in [3.8, 4) is 0 Å². The van der Waals surface area contributed by atoms with Crippen LogP contribution in [0.2, 0.25) is 0 Å². The van der Waals surface area contributed by atoms with Crippen LogP contribution in [0.4, 0.5) is 26.3 Å². The van der Waals surface area contributed by atoms with Crippen LogP contribution in [0, 0.1) is 35.5 Å². The molecule has 1 heterocycles. The van der Waals surface area contributed by atoms with Crippen molar-refractivity contribution < 1.29 is 35.8 Å². The van der Waals surface area contributed by atoms with Crippen molar-refractivity contribution in [2.45, 2.75) is 56.0 Å². The van der Waals surface area contributed by atoms with Crippen LogP contribution in [0.3, 0.4) is 0 Å². The van der Waals surface area contributed by atoms with Crippen molar-refractivity contribution in [3.05, 3.63) is 12.2 Å². The molecule has 25 heavy (non-hydrogen) atoms. The fraction of sp³-hybridized carbons (Fsp3) is 0.882. The topological polar surface area (TPSA) is 18.5 Å². The molecule has 8 heteroatoms. The lowest BCUT2D eigenvalue weighted by molar-refractivity contribution is -0.474. The van der Waals surface area contributed by atoms with E-state index in [1.807, 2.05) is 0 Å². The monoisotopic (exact) mass is 368 g/mol. The van der Waals surface area contributed by atoms with E-state index < -0.39 is 30.7 Å². The molecule has 1 aliphatic heterocycles. The number of halogens is 6. The zero-order chi connectivity index (χ0) is 17.8. The molecule has 8 atom stereocenters. The van der Waals surface area contributed by atoms with Gasteiger partial charge in [-0.1, -0.05) is 12.2 Å². The Morgan fingerprint density at radius 1 is 0.880 bits per heavy atom. The van der Waals surface area contributed by atoms with E-state index in [0.29, 0.717) is 29.6 Å². The maximum absolute atomic E-state index is 12.9. The smallest absolute Gasteiger partial charge is 0.349 e. The van der Waals surface area contributed by atoms with E-state index in [-0.39, 0.29) is 12.0 Å². The molecule has 4 aliphatic carbocycles. The normalized spacial score (nSPS) is 49.5. The Morgan fingerprint density at radius 3 is 2.08 bits per heavy atom. The van der Waals surface area contributed by atoms with Crippen molar-refractivity contribution in [2.75, 3.05) is 0 Å². The fourth-order valence-electron chi connectivity index (χ4n) is 6.36.